The van der Waals surface area contributed by atoms with Gasteiger partial charge in [-0.05, 0) is 40.1 Å². The van der Waals surface area contributed by atoms with E-state index in [1.165, 1.54) is 0 Å². The minimum absolute atomic E-state index is 0.144. The lowest BCUT2D eigenvalue weighted by molar-refractivity contribution is 0.0692. The summed E-state index contributed by atoms with van der Waals surface area (Å²) in [4.78, 5) is 12.8. The van der Waals surface area contributed by atoms with Gasteiger partial charge >= 0.3 is 5.97 Å². The van der Waals surface area contributed by atoms with E-state index in [-0.39, 0.29) is 11.2 Å². The molecule has 0 spiro atoms. The summed E-state index contributed by atoms with van der Waals surface area (Å²) in [6, 6.07) is 2.24. The Morgan fingerprint density at radius 1 is 1.47 bits per heavy atom. The third-order valence-corrected chi connectivity index (χ3v) is 3.29. The Kier molecular flexibility index (Phi) is 4.36. The van der Waals surface area contributed by atoms with E-state index in [9.17, 15) is 9.18 Å². The molecule has 0 bridgehead atoms. The molecular weight excluding hydrogens is 249 g/mol. The Balaban J connectivity index is 2.92. The van der Waals surface area contributed by atoms with E-state index in [2.05, 4.69) is 5.32 Å². The van der Waals surface area contributed by atoms with Crippen LogP contribution in [0.4, 0.5) is 15.8 Å². The number of likely N-dealkylation sites (N-methyl/N-ethyl adjacent to an activating group) is 1. The predicted octanol–water partition coefficient (Wildman–Crippen LogP) is 1.86. The molecule has 0 radical (unpaired) electrons. The molecule has 1 aromatic carbocycles. The topological polar surface area (TPSA) is 78.6 Å². The van der Waals surface area contributed by atoms with Gasteiger partial charge in [0, 0.05) is 12.1 Å². The second kappa shape index (κ2) is 5.44. The van der Waals surface area contributed by atoms with Gasteiger partial charge in [-0.15, -0.1) is 0 Å². The van der Waals surface area contributed by atoms with Crippen LogP contribution in [0.5, 0.6) is 0 Å². The fourth-order valence-corrected chi connectivity index (χ4v) is 1.38. The highest BCUT2D eigenvalue weighted by atomic mass is 19.1. The van der Waals surface area contributed by atoms with Crippen molar-refractivity contribution in [1.29, 1.82) is 0 Å². The molecule has 106 valence electrons. The van der Waals surface area contributed by atoms with Gasteiger partial charge in [0.2, 0.25) is 0 Å². The SMILES string of the molecule is CN(C)C(C)(C)CNc1cc(F)c(C(=O)O)cc1N. The van der Waals surface area contributed by atoms with E-state index >= 15 is 0 Å². The Bertz CT molecular complexity index is 487. The van der Waals surface area contributed by atoms with Crippen LogP contribution < -0.4 is 11.1 Å². The first-order valence-electron chi connectivity index (χ1n) is 5.89. The third-order valence-electron chi connectivity index (χ3n) is 3.29. The number of halogens is 1. The van der Waals surface area contributed by atoms with E-state index in [0.717, 1.165) is 12.1 Å². The van der Waals surface area contributed by atoms with Gasteiger partial charge in [-0.1, -0.05) is 0 Å². The lowest BCUT2D eigenvalue weighted by Crippen LogP contribution is -2.44. The molecule has 6 heteroatoms. The van der Waals surface area contributed by atoms with Crippen molar-refractivity contribution in [2.24, 2.45) is 0 Å². The number of hydrogen-bond acceptors (Lipinski definition) is 4. The van der Waals surface area contributed by atoms with Gasteiger partial charge in [0.25, 0.3) is 0 Å². The van der Waals surface area contributed by atoms with Crippen molar-refractivity contribution in [1.82, 2.24) is 4.90 Å². The van der Waals surface area contributed by atoms with Crippen LogP contribution in [0.3, 0.4) is 0 Å². The number of carboxylic acids is 1. The largest absolute Gasteiger partial charge is 0.478 e. The van der Waals surface area contributed by atoms with Crippen LogP contribution in [0, 0.1) is 5.82 Å². The average Bonchev–Trinajstić information content (AvgIpc) is 2.29. The molecular formula is C13H20FN3O2. The number of nitrogens with two attached hydrogens (primary N) is 1. The number of carbonyl (C=O) groups is 1. The van der Waals surface area contributed by atoms with Gasteiger partial charge in [-0.2, -0.15) is 0 Å². The summed E-state index contributed by atoms with van der Waals surface area (Å²) in [6.07, 6.45) is 0. The van der Waals surface area contributed by atoms with Crippen LogP contribution in [0.15, 0.2) is 12.1 Å². The third kappa shape index (κ3) is 3.57. The highest BCUT2D eigenvalue weighted by Gasteiger charge is 2.21. The monoisotopic (exact) mass is 269 g/mol. The first kappa shape index (κ1) is 15.2. The molecule has 0 saturated carbocycles. The second-order valence-electron chi connectivity index (χ2n) is 5.28. The Hall–Kier alpha value is -1.82. The molecule has 4 N–H and O–H groups in total. The van der Waals surface area contributed by atoms with Crippen LogP contribution in [0.1, 0.15) is 24.2 Å². The van der Waals surface area contributed by atoms with Crippen molar-refractivity contribution < 1.29 is 14.3 Å². The maximum atomic E-state index is 13.6. The van der Waals surface area contributed by atoms with Gasteiger partial charge < -0.3 is 21.1 Å². The number of benzene rings is 1. The van der Waals surface area contributed by atoms with E-state index in [4.69, 9.17) is 10.8 Å². The Morgan fingerprint density at radius 2 is 2.05 bits per heavy atom. The van der Waals surface area contributed by atoms with Crippen molar-refractivity contribution in [3.05, 3.63) is 23.5 Å². The van der Waals surface area contributed by atoms with E-state index in [1.807, 2.05) is 32.8 Å². The molecule has 0 aliphatic rings. The van der Waals surface area contributed by atoms with E-state index < -0.39 is 17.3 Å². The summed E-state index contributed by atoms with van der Waals surface area (Å²) in [5.74, 6) is -2.13. The maximum Gasteiger partial charge on any atom is 0.338 e. The predicted molar refractivity (Wildman–Crippen MR) is 74.0 cm³/mol. The first-order valence-corrected chi connectivity index (χ1v) is 5.89. The number of anilines is 2. The standard InChI is InChI=1S/C13H20FN3O2/c1-13(2,17(3)4)7-16-11-6-9(14)8(12(18)19)5-10(11)15/h5-6,16H,7,15H2,1-4H3,(H,18,19). The summed E-state index contributed by atoms with van der Waals surface area (Å²) in [6.45, 7) is 4.60. The highest BCUT2D eigenvalue weighted by molar-refractivity contribution is 5.90. The van der Waals surface area contributed by atoms with Crippen LogP contribution in [-0.4, -0.2) is 42.2 Å². The second-order valence-corrected chi connectivity index (χ2v) is 5.28. The minimum Gasteiger partial charge on any atom is -0.478 e. The molecule has 0 aromatic heterocycles. The zero-order chi connectivity index (χ0) is 14.8. The van der Waals surface area contributed by atoms with Crippen molar-refractivity contribution in [3.8, 4) is 0 Å². The van der Waals surface area contributed by atoms with Crippen molar-refractivity contribution in [3.63, 3.8) is 0 Å². The summed E-state index contributed by atoms with van der Waals surface area (Å²) in [5, 5.41) is 11.8. The summed E-state index contributed by atoms with van der Waals surface area (Å²) in [7, 11) is 3.89. The van der Waals surface area contributed by atoms with Crippen LogP contribution in [-0.2, 0) is 0 Å². The van der Waals surface area contributed by atoms with E-state index in [0.29, 0.717) is 12.2 Å². The molecule has 0 heterocycles. The Morgan fingerprint density at radius 3 is 2.53 bits per heavy atom. The normalized spacial score (nSPS) is 11.7. The zero-order valence-electron chi connectivity index (χ0n) is 11.6. The van der Waals surface area contributed by atoms with Crippen molar-refractivity contribution >= 4 is 17.3 Å². The first-order chi connectivity index (χ1) is 8.65. The summed E-state index contributed by atoms with van der Waals surface area (Å²) >= 11 is 0. The molecule has 0 saturated heterocycles. The van der Waals surface area contributed by atoms with Gasteiger partial charge in [-0.3, -0.25) is 0 Å². The molecule has 0 aliphatic heterocycles. The van der Waals surface area contributed by atoms with Gasteiger partial charge in [-0.25, -0.2) is 9.18 Å². The Labute approximate surface area is 112 Å². The van der Waals surface area contributed by atoms with E-state index in [1.54, 1.807) is 0 Å². The number of nitrogen functional groups attached to an aromatic ring is 1. The number of carboxylic acid groups (broad SMARTS) is 1. The number of nitrogens with zero attached hydrogens (tertiary/aromatic N) is 1. The molecule has 0 amide bonds. The lowest BCUT2D eigenvalue weighted by Gasteiger charge is -2.33. The fraction of sp³-hybridized carbons (Fsp3) is 0.462. The smallest absolute Gasteiger partial charge is 0.338 e. The minimum atomic E-state index is -1.33. The number of aromatic carboxylic acids is 1. The lowest BCUT2D eigenvalue weighted by atomic mass is 10.0. The number of rotatable bonds is 5. The van der Waals surface area contributed by atoms with Crippen LogP contribution in [0.25, 0.3) is 0 Å². The maximum absolute atomic E-state index is 13.6. The fourth-order valence-electron chi connectivity index (χ4n) is 1.38. The van der Waals surface area contributed by atoms with Gasteiger partial charge in [0.05, 0.1) is 16.9 Å². The van der Waals surface area contributed by atoms with Crippen molar-refractivity contribution in [2.45, 2.75) is 19.4 Å². The molecule has 5 nitrogen and oxygen atoms in total. The summed E-state index contributed by atoms with van der Waals surface area (Å²) in [5.41, 5.74) is 5.78. The number of hydrogen-bond donors (Lipinski definition) is 3. The van der Waals surface area contributed by atoms with Gasteiger partial charge in [0.1, 0.15) is 5.82 Å². The summed E-state index contributed by atoms with van der Waals surface area (Å²) < 4.78 is 13.6. The quantitative estimate of drug-likeness (QED) is 0.711. The van der Waals surface area contributed by atoms with Crippen LogP contribution in [0.2, 0.25) is 0 Å². The molecule has 0 aliphatic carbocycles. The molecule has 0 unspecified atom stereocenters. The molecule has 0 atom stereocenters. The highest BCUT2D eigenvalue weighted by Crippen LogP contribution is 2.24. The molecule has 19 heavy (non-hydrogen) atoms. The molecule has 1 rings (SSSR count). The zero-order valence-corrected chi connectivity index (χ0v) is 11.6. The van der Waals surface area contributed by atoms with Crippen molar-refractivity contribution in [2.75, 3.05) is 31.7 Å². The molecule has 0 fully saturated rings. The van der Waals surface area contributed by atoms with Gasteiger partial charge in [0.15, 0.2) is 0 Å². The van der Waals surface area contributed by atoms with Crippen LogP contribution >= 0.6 is 0 Å². The average molecular weight is 269 g/mol. The number of nitrogens with one attached hydrogen (secondary N) is 1. The molecule has 1 aromatic rings.